The monoisotopic (exact) mass is 1300 g/mol. The number of allylic oxidation sites excluding steroid dienone is 3. The van der Waals surface area contributed by atoms with E-state index in [2.05, 4.69) is 66.1 Å². The topological polar surface area (TPSA) is 288 Å². The minimum absolute atomic E-state index is 0.0263. The summed E-state index contributed by atoms with van der Waals surface area (Å²) < 4.78 is 124. The molecule has 486 valence electrons. The van der Waals surface area contributed by atoms with Crippen LogP contribution in [0.2, 0.25) is 0 Å². The first-order chi connectivity index (χ1) is 44.6. The molecule has 11 rings (SSSR count). The molecule has 1 aliphatic rings. The zero-order valence-electron chi connectivity index (χ0n) is 50.4. The molecular weight excluding hydrogens is 1250 g/mol. The first kappa shape index (κ1) is 68.2. The number of aromatic nitrogens is 10. The molecule has 8 N–H and O–H groups in total. The predicted octanol–water partition coefficient (Wildman–Crippen LogP) is 13.3. The van der Waals surface area contributed by atoms with E-state index in [1.54, 1.807) is 31.2 Å². The molecule has 0 aliphatic carbocycles. The van der Waals surface area contributed by atoms with Crippen LogP contribution in [0.1, 0.15) is 98.6 Å². The highest BCUT2D eigenvalue weighted by Crippen LogP contribution is 2.38. The van der Waals surface area contributed by atoms with Crippen molar-refractivity contribution in [3.05, 3.63) is 220 Å². The van der Waals surface area contributed by atoms with Gasteiger partial charge in [-0.1, -0.05) is 69.3 Å². The Morgan fingerprint density at radius 2 is 1.24 bits per heavy atom. The first-order valence-electron chi connectivity index (χ1n) is 28.3. The minimum atomic E-state index is -4.86. The quantitative estimate of drug-likeness (QED) is 0.0394. The van der Waals surface area contributed by atoms with Crippen LogP contribution >= 0.6 is 0 Å². The van der Waals surface area contributed by atoms with Crippen molar-refractivity contribution in [3.63, 3.8) is 0 Å². The summed E-state index contributed by atoms with van der Waals surface area (Å²) in [6, 6.07) is 27.5. The number of benzene rings is 3. The number of anilines is 2. The smallest absolute Gasteiger partial charge is 0.492 e. The lowest BCUT2D eigenvalue weighted by atomic mass is 10.0. The summed E-state index contributed by atoms with van der Waals surface area (Å²) >= 11 is 0. The molecule has 3 amide bonds. The largest absolute Gasteiger partial charge is 0.573 e. The third kappa shape index (κ3) is 17.0. The SMILES string of the molecule is CC.CC1=CC(NC(=O)c2cnc(/C=C\C(=N)c3ccccc3OC(F)(F)F)[nH]2)=CCN1.CCc1cc(C)cc(NC(=O)c2c(O)nc3ccc(-c4ccccc4C(F)(F)F)nn23)n1.Cc1cc(NC(=O)c2c(O)nc3ccc(-c4ccccc4C(F)(F)F)nn23)ccn1. The number of aromatic hydroxyl groups is 2. The van der Waals surface area contributed by atoms with Gasteiger partial charge < -0.3 is 46.6 Å². The molecule has 10 aromatic rings. The number of halogens is 9. The summed E-state index contributed by atoms with van der Waals surface area (Å²) in [5.74, 6) is -2.98. The number of hydrogen-bond acceptors (Lipinski definition) is 15. The predicted molar refractivity (Wildman–Crippen MR) is 330 cm³/mol. The number of carbonyl (C=O) groups excluding carboxylic acids is 3. The molecule has 0 fully saturated rings. The second kappa shape index (κ2) is 29.1. The number of rotatable bonds is 13. The van der Waals surface area contributed by atoms with Gasteiger partial charge in [-0.25, -0.2) is 19.0 Å². The van der Waals surface area contributed by atoms with E-state index in [0.29, 0.717) is 30.0 Å². The zero-order chi connectivity index (χ0) is 68.2. The van der Waals surface area contributed by atoms with E-state index in [-0.39, 0.29) is 73.8 Å². The van der Waals surface area contributed by atoms with Crippen molar-refractivity contribution in [2.75, 3.05) is 17.2 Å². The van der Waals surface area contributed by atoms with E-state index < -0.39 is 65.1 Å². The van der Waals surface area contributed by atoms with Crippen LogP contribution in [0.15, 0.2) is 163 Å². The summed E-state index contributed by atoms with van der Waals surface area (Å²) in [6.07, 6.45) is -4.26. The number of dihydropyridines is 1. The molecule has 8 heterocycles. The van der Waals surface area contributed by atoms with E-state index in [1.165, 1.54) is 103 Å². The lowest BCUT2D eigenvalue weighted by Crippen LogP contribution is -2.26. The minimum Gasteiger partial charge on any atom is -0.492 e. The van der Waals surface area contributed by atoms with E-state index in [9.17, 15) is 64.1 Å². The number of aromatic amines is 1. The number of amides is 3. The number of alkyl halides is 9. The Balaban J connectivity index is 0.000000179. The maximum Gasteiger partial charge on any atom is 0.573 e. The summed E-state index contributed by atoms with van der Waals surface area (Å²) in [7, 11) is 0. The molecule has 0 saturated heterocycles. The van der Waals surface area contributed by atoms with Gasteiger partial charge in [-0.3, -0.25) is 19.4 Å². The number of fused-ring (bicyclic) bond motifs is 2. The molecule has 0 saturated carbocycles. The molecule has 0 atom stereocenters. The molecule has 21 nitrogen and oxygen atoms in total. The molecule has 0 spiro atoms. The Kier molecular flexibility index (Phi) is 21.1. The summed E-state index contributed by atoms with van der Waals surface area (Å²) in [6.45, 7) is 12.0. The number of imidazole rings is 3. The van der Waals surface area contributed by atoms with Gasteiger partial charge in [0.05, 0.1) is 34.4 Å². The Morgan fingerprint density at radius 1 is 0.681 bits per heavy atom. The van der Waals surface area contributed by atoms with Gasteiger partial charge in [-0.15, -0.1) is 13.2 Å². The number of pyridine rings is 2. The van der Waals surface area contributed by atoms with Crippen LogP contribution in [0.5, 0.6) is 17.5 Å². The second-order valence-corrected chi connectivity index (χ2v) is 19.9. The van der Waals surface area contributed by atoms with Crippen molar-refractivity contribution in [2.45, 2.75) is 66.7 Å². The maximum atomic E-state index is 13.4. The fourth-order valence-electron chi connectivity index (χ4n) is 9.05. The van der Waals surface area contributed by atoms with Crippen LogP contribution in [-0.4, -0.2) is 95.7 Å². The van der Waals surface area contributed by atoms with Crippen LogP contribution in [0, 0.1) is 19.3 Å². The molecule has 30 heteroatoms. The third-order valence-corrected chi connectivity index (χ3v) is 13.1. The number of nitrogens with zero attached hydrogens (tertiary/aromatic N) is 9. The number of carbonyl (C=O) groups is 3. The standard InChI is InChI=1S/C22H18F3N5O2.C20H14F3N5O2.C20H18F3N5O2.C2H6/c1-3-13-10-12(2)11-17(26-13)27-20(31)19-21(32)28-18-9-8-16(29-30(18)19)14-6-4-5-7-15(14)22(23,24)25;1-11-10-12(8-9-24-11)25-18(29)17-19(30)26-16-7-6-15(27-28(16)17)13-4-2-3-5-14(13)20(21,22)23;1-12-10-13(8-9-25-12)27-19(29)16-11-26-18(28-16)7-6-15(24)14-4-2-3-5-17(14)30-20(21,22)23;1-2/h4-11,32H,3H2,1-2H3,(H,26,27,31);2-10,30H,1H3,(H,24,25,29);2-8,10-11,24-25H,9H2,1H3,(H,26,28)(H,27,29);1-2H3/b;;7-6-,24-15?;. The van der Waals surface area contributed by atoms with E-state index >= 15 is 0 Å². The summed E-state index contributed by atoms with van der Waals surface area (Å²) in [5.41, 5.74) is 1.80. The Labute approximate surface area is 528 Å². The van der Waals surface area contributed by atoms with Crippen LogP contribution in [0.4, 0.5) is 51.0 Å². The fraction of sp³-hybridized carbons (Fsp3) is 0.172. The second-order valence-electron chi connectivity index (χ2n) is 19.9. The van der Waals surface area contributed by atoms with E-state index in [4.69, 9.17) is 5.41 Å². The van der Waals surface area contributed by atoms with E-state index in [0.717, 1.165) is 44.2 Å². The van der Waals surface area contributed by atoms with Gasteiger partial charge in [-0.05, 0) is 130 Å². The normalized spacial score (nSPS) is 12.2. The molecule has 94 heavy (non-hydrogen) atoms. The lowest BCUT2D eigenvalue weighted by molar-refractivity contribution is -0.274. The average molecular weight is 1300 g/mol. The Hall–Kier alpha value is -11.7. The van der Waals surface area contributed by atoms with Gasteiger partial charge in [0.15, 0.2) is 22.7 Å². The molecular formula is C64H56F9N15O6. The van der Waals surface area contributed by atoms with E-state index in [1.807, 2.05) is 46.8 Å². The number of ether oxygens (including phenoxy) is 1. The highest BCUT2D eigenvalue weighted by atomic mass is 19.4. The number of nitrogens with one attached hydrogen (secondary N) is 6. The highest BCUT2D eigenvalue weighted by Gasteiger charge is 2.36. The van der Waals surface area contributed by atoms with Crippen molar-refractivity contribution in [3.8, 4) is 40.0 Å². The number of H-pyrrole nitrogens is 1. The summed E-state index contributed by atoms with van der Waals surface area (Å²) in [4.78, 5) is 60.9. The number of para-hydroxylation sites is 1. The molecule has 7 aromatic heterocycles. The summed E-state index contributed by atoms with van der Waals surface area (Å²) in [5, 5.41) is 47.8. The van der Waals surface area contributed by atoms with Crippen molar-refractivity contribution in [1.82, 2.24) is 59.8 Å². The maximum absolute atomic E-state index is 13.4. The van der Waals surface area contributed by atoms with Crippen molar-refractivity contribution in [1.29, 1.82) is 5.41 Å². The number of hydrogen-bond donors (Lipinski definition) is 8. The van der Waals surface area contributed by atoms with Crippen molar-refractivity contribution >= 4 is 52.3 Å². The van der Waals surface area contributed by atoms with Gasteiger partial charge in [0.25, 0.3) is 17.7 Å². The molecule has 0 unspecified atom stereocenters. The molecule has 1 aliphatic heterocycles. The number of aryl methyl sites for hydroxylation is 3. The molecule has 0 radical (unpaired) electrons. The lowest BCUT2D eigenvalue weighted by Gasteiger charge is -2.13. The first-order valence-corrected chi connectivity index (χ1v) is 28.3. The Bertz CT molecular complexity index is 4550. The van der Waals surface area contributed by atoms with Gasteiger partial charge in [0.1, 0.15) is 23.1 Å². The van der Waals surface area contributed by atoms with Gasteiger partial charge >= 0.3 is 18.7 Å². The van der Waals surface area contributed by atoms with Crippen LogP contribution in [0.3, 0.4) is 0 Å². The average Bonchev–Trinajstić information content (AvgIpc) is 1.58. The van der Waals surface area contributed by atoms with Gasteiger partial charge in [-0.2, -0.15) is 46.5 Å². The Morgan fingerprint density at radius 3 is 1.80 bits per heavy atom. The van der Waals surface area contributed by atoms with Crippen LogP contribution in [-0.2, 0) is 18.8 Å². The zero-order valence-corrected chi connectivity index (χ0v) is 50.4. The fourth-order valence-corrected chi connectivity index (χ4v) is 9.05. The third-order valence-electron chi connectivity index (χ3n) is 13.1. The van der Waals surface area contributed by atoms with Crippen LogP contribution < -0.4 is 26.0 Å². The van der Waals surface area contributed by atoms with Gasteiger partial charge in [0, 0.05) is 57.9 Å². The highest BCUT2D eigenvalue weighted by molar-refractivity contribution is 6.10. The van der Waals surface area contributed by atoms with Gasteiger partial charge in [0.2, 0.25) is 11.8 Å². The van der Waals surface area contributed by atoms with Crippen molar-refractivity contribution < 1.29 is 68.8 Å². The molecule has 3 aromatic carbocycles. The van der Waals surface area contributed by atoms with Crippen molar-refractivity contribution in [2.24, 2.45) is 0 Å². The van der Waals surface area contributed by atoms with Crippen LogP contribution in [0.25, 0.3) is 39.9 Å². The molecule has 0 bridgehead atoms.